The lowest BCUT2D eigenvalue weighted by atomic mass is 10.3. The summed E-state index contributed by atoms with van der Waals surface area (Å²) in [6, 6.07) is 20.3. The van der Waals surface area contributed by atoms with Crippen LogP contribution in [0.4, 0.5) is 0 Å². The molecule has 0 radical (unpaired) electrons. The number of hydrogen-bond donors (Lipinski definition) is 0. The Morgan fingerprint density at radius 2 is 1.89 bits per heavy atom. The van der Waals surface area contributed by atoms with Crippen molar-refractivity contribution in [2.24, 2.45) is 0 Å². The number of para-hydroxylation sites is 3. The van der Waals surface area contributed by atoms with Gasteiger partial charge in [-0.3, -0.25) is 9.36 Å². The second-order valence-corrected chi connectivity index (χ2v) is 7.95. The molecule has 0 unspecified atom stereocenters. The van der Waals surface area contributed by atoms with E-state index in [4.69, 9.17) is 4.98 Å². The fourth-order valence-electron chi connectivity index (χ4n) is 2.91. The number of thiophene rings is 1. The van der Waals surface area contributed by atoms with Gasteiger partial charge in [0.2, 0.25) is 5.91 Å². The quantitative estimate of drug-likeness (QED) is 0.440. The van der Waals surface area contributed by atoms with Gasteiger partial charge in [0, 0.05) is 19.3 Å². The number of benzene rings is 2. The molecule has 0 saturated carbocycles. The van der Waals surface area contributed by atoms with E-state index in [1.54, 1.807) is 16.2 Å². The van der Waals surface area contributed by atoms with Crippen molar-refractivity contribution in [2.45, 2.75) is 11.7 Å². The van der Waals surface area contributed by atoms with Gasteiger partial charge in [0.1, 0.15) is 0 Å². The topological polar surface area (TPSA) is 38.1 Å². The molecule has 136 valence electrons. The molecule has 1 amide bonds. The molecular formula is C21H19N3OS2. The Hall–Kier alpha value is -2.57. The predicted molar refractivity (Wildman–Crippen MR) is 113 cm³/mol. The normalized spacial score (nSPS) is 11.0. The summed E-state index contributed by atoms with van der Waals surface area (Å²) in [7, 11) is 1.85. The maximum atomic E-state index is 12.6. The number of nitrogens with zero attached hydrogens (tertiary/aromatic N) is 3. The summed E-state index contributed by atoms with van der Waals surface area (Å²) in [5.74, 6) is 0.453. The molecule has 27 heavy (non-hydrogen) atoms. The van der Waals surface area contributed by atoms with Gasteiger partial charge in [0.25, 0.3) is 0 Å². The number of amides is 1. The molecule has 0 N–H and O–H groups in total. The van der Waals surface area contributed by atoms with Gasteiger partial charge >= 0.3 is 0 Å². The number of rotatable bonds is 6. The van der Waals surface area contributed by atoms with E-state index >= 15 is 0 Å². The Bertz CT molecular complexity index is 1040. The van der Waals surface area contributed by atoms with E-state index in [0.29, 0.717) is 12.3 Å². The van der Waals surface area contributed by atoms with Crippen molar-refractivity contribution in [2.75, 3.05) is 12.8 Å². The number of thioether (sulfide) groups is 1. The van der Waals surface area contributed by atoms with Gasteiger partial charge < -0.3 is 4.90 Å². The number of aromatic nitrogens is 2. The summed E-state index contributed by atoms with van der Waals surface area (Å²) in [4.78, 5) is 19.1. The van der Waals surface area contributed by atoms with E-state index < -0.39 is 0 Å². The molecule has 4 nitrogen and oxygen atoms in total. The molecule has 0 atom stereocenters. The van der Waals surface area contributed by atoms with Crippen molar-refractivity contribution >= 4 is 40.0 Å². The number of hydrogen-bond acceptors (Lipinski definition) is 4. The van der Waals surface area contributed by atoms with E-state index in [1.807, 2.05) is 48.8 Å². The van der Waals surface area contributed by atoms with Crippen molar-refractivity contribution in [1.82, 2.24) is 14.5 Å². The summed E-state index contributed by atoms with van der Waals surface area (Å²) in [6.45, 7) is 0.637. The molecule has 0 aliphatic carbocycles. The fraction of sp³-hybridized carbons (Fsp3) is 0.143. The van der Waals surface area contributed by atoms with Crippen molar-refractivity contribution in [3.05, 3.63) is 77.0 Å². The number of imidazole rings is 1. The average molecular weight is 394 g/mol. The highest BCUT2D eigenvalue weighted by Crippen LogP contribution is 2.28. The van der Waals surface area contributed by atoms with Gasteiger partial charge in [-0.2, -0.15) is 11.3 Å². The smallest absolute Gasteiger partial charge is 0.233 e. The first kappa shape index (κ1) is 17.8. The molecule has 0 spiro atoms. The highest BCUT2D eigenvalue weighted by molar-refractivity contribution is 7.99. The maximum Gasteiger partial charge on any atom is 0.233 e. The summed E-state index contributed by atoms with van der Waals surface area (Å²) in [6.07, 6.45) is 0. The monoisotopic (exact) mass is 393 g/mol. The van der Waals surface area contributed by atoms with Crippen LogP contribution >= 0.6 is 23.1 Å². The van der Waals surface area contributed by atoms with Gasteiger partial charge in [-0.1, -0.05) is 42.1 Å². The van der Waals surface area contributed by atoms with Crippen LogP contribution in [0.5, 0.6) is 0 Å². The van der Waals surface area contributed by atoms with Gasteiger partial charge in [-0.05, 0) is 46.7 Å². The Kier molecular flexibility index (Phi) is 5.27. The average Bonchev–Trinajstić information content (AvgIpc) is 3.33. The minimum atomic E-state index is 0.0952. The summed E-state index contributed by atoms with van der Waals surface area (Å²) < 4.78 is 2.12. The molecule has 2 aromatic carbocycles. The minimum Gasteiger partial charge on any atom is -0.341 e. The Balaban J connectivity index is 1.56. The van der Waals surface area contributed by atoms with Crippen LogP contribution in [-0.2, 0) is 11.3 Å². The highest BCUT2D eigenvalue weighted by Gasteiger charge is 2.16. The third kappa shape index (κ3) is 3.91. The molecule has 0 aliphatic heterocycles. The van der Waals surface area contributed by atoms with Gasteiger partial charge in [0.15, 0.2) is 5.16 Å². The zero-order chi connectivity index (χ0) is 18.6. The van der Waals surface area contributed by atoms with Crippen LogP contribution in [0.25, 0.3) is 16.7 Å². The molecule has 2 aromatic heterocycles. The third-order valence-corrected chi connectivity index (χ3v) is 5.95. The molecular weight excluding hydrogens is 374 g/mol. The van der Waals surface area contributed by atoms with Crippen molar-refractivity contribution in [1.29, 1.82) is 0 Å². The molecule has 4 aromatic rings. The summed E-state index contributed by atoms with van der Waals surface area (Å²) in [5.41, 5.74) is 4.19. The molecule has 6 heteroatoms. The second-order valence-electron chi connectivity index (χ2n) is 6.22. The molecule has 2 heterocycles. The maximum absolute atomic E-state index is 12.6. The van der Waals surface area contributed by atoms with Crippen molar-refractivity contribution < 1.29 is 4.79 Å². The standard InChI is InChI=1S/C21H19N3OS2/c1-23(13-16-11-12-26-14-16)20(25)15-27-21-22-18-9-5-6-10-19(18)24(21)17-7-3-2-4-8-17/h2-12,14H,13,15H2,1H3. The SMILES string of the molecule is CN(Cc1ccsc1)C(=O)CSc1nc2ccccc2n1-c1ccccc1. The first-order valence-electron chi connectivity index (χ1n) is 8.63. The van der Waals surface area contributed by atoms with Crippen LogP contribution in [0.1, 0.15) is 5.56 Å². The van der Waals surface area contributed by atoms with Crippen molar-refractivity contribution in [3.8, 4) is 5.69 Å². The van der Waals surface area contributed by atoms with Crippen LogP contribution in [0, 0.1) is 0 Å². The lowest BCUT2D eigenvalue weighted by Gasteiger charge is -2.16. The summed E-state index contributed by atoms with van der Waals surface area (Å²) in [5, 5.41) is 4.94. The first-order valence-corrected chi connectivity index (χ1v) is 10.6. The van der Waals surface area contributed by atoms with Crippen molar-refractivity contribution in [3.63, 3.8) is 0 Å². The molecule has 0 fully saturated rings. The predicted octanol–water partition coefficient (Wildman–Crippen LogP) is 4.84. The Morgan fingerprint density at radius 3 is 2.67 bits per heavy atom. The number of carbonyl (C=O) groups is 1. The fourth-order valence-corrected chi connectivity index (χ4v) is 4.54. The second kappa shape index (κ2) is 7.98. The van der Waals surface area contributed by atoms with E-state index in [1.165, 1.54) is 11.8 Å². The molecule has 4 rings (SSSR count). The highest BCUT2D eigenvalue weighted by atomic mass is 32.2. The molecule has 0 aliphatic rings. The third-order valence-electron chi connectivity index (χ3n) is 4.29. The molecule has 0 saturated heterocycles. The Morgan fingerprint density at radius 1 is 1.11 bits per heavy atom. The first-order chi connectivity index (χ1) is 13.2. The van der Waals surface area contributed by atoms with E-state index in [-0.39, 0.29) is 5.91 Å². The largest absolute Gasteiger partial charge is 0.341 e. The minimum absolute atomic E-state index is 0.0952. The van der Waals surface area contributed by atoms with Crippen LogP contribution in [0.3, 0.4) is 0 Å². The van der Waals surface area contributed by atoms with Crippen LogP contribution in [0.2, 0.25) is 0 Å². The lowest BCUT2D eigenvalue weighted by Crippen LogP contribution is -2.27. The van der Waals surface area contributed by atoms with Gasteiger partial charge in [-0.15, -0.1) is 0 Å². The number of fused-ring (bicyclic) bond motifs is 1. The van der Waals surface area contributed by atoms with E-state index in [2.05, 4.69) is 34.2 Å². The van der Waals surface area contributed by atoms with Gasteiger partial charge in [-0.25, -0.2) is 4.98 Å². The zero-order valence-corrected chi connectivity index (χ0v) is 16.5. The number of carbonyl (C=O) groups excluding carboxylic acids is 1. The lowest BCUT2D eigenvalue weighted by molar-refractivity contribution is -0.127. The van der Waals surface area contributed by atoms with E-state index in [0.717, 1.165) is 27.4 Å². The molecule has 0 bridgehead atoms. The summed E-state index contributed by atoms with van der Waals surface area (Å²) >= 11 is 3.13. The zero-order valence-electron chi connectivity index (χ0n) is 14.9. The van der Waals surface area contributed by atoms with E-state index in [9.17, 15) is 4.79 Å². The van der Waals surface area contributed by atoms with Crippen LogP contribution < -0.4 is 0 Å². The Labute approximate surface area is 166 Å². The van der Waals surface area contributed by atoms with Gasteiger partial charge in [0.05, 0.1) is 16.8 Å². The van der Waals surface area contributed by atoms with Crippen LogP contribution in [0.15, 0.2) is 76.6 Å². The van der Waals surface area contributed by atoms with Crippen LogP contribution in [-0.4, -0.2) is 33.2 Å².